The van der Waals surface area contributed by atoms with Crippen LogP contribution in [-0.2, 0) is 0 Å². The molecule has 1 aromatic carbocycles. The maximum absolute atomic E-state index is 11.6. The van der Waals surface area contributed by atoms with Crippen LogP contribution in [0.2, 0.25) is 0 Å². The lowest BCUT2D eigenvalue weighted by Crippen LogP contribution is -2.30. The first-order valence-corrected chi connectivity index (χ1v) is 7.98. The van der Waals surface area contributed by atoms with Crippen LogP contribution in [0, 0.1) is 10.1 Å². The summed E-state index contributed by atoms with van der Waals surface area (Å²) < 4.78 is 0. The quantitative estimate of drug-likeness (QED) is 0.630. The second-order valence-electron chi connectivity index (χ2n) is 5.77. The molecule has 9 heteroatoms. The van der Waals surface area contributed by atoms with Gasteiger partial charge in [0.25, 0.3) is 11.6 Å². The molecule has 1 aliphatic rings. The van der Waals surface area contributed by atoms with E-state index in [2.05, 4.69) is 20.2 Å². The zero-order valence-electron chi connectivity index (χ0n) is 13.5. The second kappa shape index (κ2) is 7.12. The van der Waals surface area contributed by atoms with Crippen LogP contribution in [0.1, 0.15) is 29.8 Å². The van der Waals surface area contributed by atoms with Gasteiger partial charge in [0.1, 0.15) is 5.82 Å². The molecule has 1 aromatic heterocycles. The summed E-state index contributed by atoms with van der Waals surface area (Å²) in [7, 11) is 0. The summed E-state index contributed by atoms with van der Waals surface area (Å²) in [4.78, 5) is 32.6. The van der Waals surface area contributed by atoms with Crippen LogP contribution in [-0.4, -0.2) is 33.9 Å². The first-order valence-electron chi connectivity index (χ1n) is 7.98. The predicted molar refractivity (Wildman–Crippen MR) is 93.0 cm³/mol. The monoisotopic (exact) mass is 342 g/mol. The summed E-state index contributed by atoms with van der Waals surface area (Å²) >= 11 is 0. The van der Waals surface area contributed by atoms with Gasteiger partial charge in [-0.2, -0.15) is 0 Å². The first-order chi connectivity index (χ1) is 12.0. The molecule has 0 atom stereocenters. The van der Waals surface area contributed by atoms with Crippen molar-refractivity contribution < 1.29 is 9.72 Å². The lowest BCUT2D eigenvalue weighted by atomic mass is 10.1. The summed E-state index contributed by atoms with van der Waals surface area (Å²) in [6, 6.07) is 5.82. The summed E-state index contributed by atoms with van der Waals surface area (Å²) in [5.41, 5.74) is 5.94. The van der Waals surface area contributed by atoms with Gasteiger partial charge in [-0.1, -0.05) is 0 Å². The molecule has 3 rings (SSSR count). The zero-order chi connectivity index (χ0) is 17.8. The van der Waals surface area contributed by atoms with E-state index >= 15 is 0 Å². The fourth-order valence-corrected chi connectivity index (χ4v) is 2.73. The molecule has 0 unspecified atom stereocenters. The van der Waals surface area contributed by atoms with Crippen molar-refractivity contribution in [1.29, 1.82) is 0 Å². The minimum Gasteiger partial charge on any atom is -0.364 e. The second-order valence-corrected chi connectivity index (χ2v) is 5.77. The van der Waals surface area contributed by atoms with Gasteiger partial charge in [0.15, 0.2) is 11.5 Å². The predicted octanol–water partition coefficient (Wildman–Crippen LogP) is 2.22. The smallest absolute Gasteiger partial charge is 0.271 e. The van der Waals surface area contributed by atoms with E-state index in [1.807, 2.05) is 0 Å². The zero-order valence-corrected chi connectivity index (χ0v) is 13.5. The number of nitro groups is 1. The Kier molecular flexibility index (Phi) is 4.73. The highest BCUT2D eigenvalue weighted by Gasteiger charge is 2.18. The number of primary amides is 1. The van der Waals surface area contributed by atoms with Crippen molar-refractivity contribution in [1.82, 2.24) is 9.97 Å². The molecule has 2 aromatic rings. The number of nitro benzene ring substituents is 1. The number of aromatic nitrogens is 2. The van der Waals surface area contributed by atoms with E-state index in [0.717, 1.165) is 25.9 Å². The van der Waals surface area contributed by atoms with Crippen molar-refractivity contribution in [2.75, 3.05) is 23.3 Å². The van der Waals surface area contributed by atoms with Crippen molar-refractivity contribution in [3.8, 4) is 0 Å². The van der Waals surface area contributed by atoms with E-state index in [0.29, 0.717) is 11.5 Å². The Morgan fingerprint density at radius 2 is 1.88 bits per heavy atom. The molecule has 130 valence electrons. The lowest BCUT2D eigenvalue weighted by molar-refractivity contribution is -0.384. The number of piperidine rings is 1. The Balaban J connectivity index is 1.89. The Hall–Kier alpha value is -3.23. The maximum atomic E-state index is 11.6. The number of amides is 1. The van der Waals surface area contributed by atoms with Crippen molar-refractivity contribution in [3.05, 3.63) is 46.3 Å². The van der Waals surface area contributed by atoms with Crippen LogP contribution in [0.3, 0.4) is 0 Å². The number of non-ortho nitro benzene ring substituents is 1. The van der Waals surface area contributed by atoms with Crippen LogP contribution < -0.4 is 16.0 Å². The average molecular weight is 342 g/mol. The van der Waals surface area contributed by atoms with Crippen LogP contribution >= 0.6 is 0 Å². The number of carbonyl (C=O) groups excluding carboxylic acids is 1. The number of benzene rings is 1. The van der Waals surface area contributed by atoms with Crippen LogP contribution in [0.4, 0.5) is 23.0 Å². The third-order valence-electron chi connectivity index (χ3n) is 4.01. The molecule has 9 nitrogen and oxygen atoms in total. The summed E-state index contributed by atoms with van der Waals surface area (Å²) in [5.74, 6) is 0.223. The van der Waals surface area contributed by atoms with Crippen molar-refractivity contribution >= 4 is 28.9 Å². The Labute approximate surface area is 144 Å². The molecule has 1 aliphatic heterocycles. The van der Waals surface area contributed by atoms with Gasteiger partial charge < -0.3 is 16.0 Å². The van der Waals surface area contributed by atoms with E-state index in [-0.39, 0.29) is 17.2 Å². The molecular formula is C16H18N6O3. The topological polar surface area (TPSA) is 127 Å². The molecular weight excluding hydrogens is 324 g/mol. The van der Waals surface area contributed by atoms with Gasteiger partial charge in [-0.05, 0) is 31.4 Å². The van der Waals surface area contributed by atoms with Gasteiger partial charge in [-0.15, -0.1) is 0 Å². The Bertz CT molecular complexity index is 787. The average Bonchev–Trinajstić information content (AvgIpc) is 2.62. The van der Waals surface area contributed by atoms with Gasteiger partial charge in [-0.25, -0.2) is 9.97 Å². The molecule has 2 heterocycles. The summed E-state index contributed by atoms with van der Waals surface area (Å²) in [5, 5.41) is 13.7. The number of hydrogen-bond donors (Lipinski definition) is 2. The fourth-order valence-electron chi connectivity index (χ4n) is 2.73. The van der Waals surface area contributed by atoms with E-state index in [1.54, 1.807) is 6.20 Å². The van der Waals surface area contributed by atoms with E-state index in [4.69, 9.17) is 5.73 Å². The molecule has 0 aliphatic carbocycles. The van der Waals surface area contributed by atoms with Gasteiger partial charge in [0.2, 0.25) is 0 Å². The molecule has 1 amide bonds. The van der Waals surface area contributed by atoms with Gasteiger partial charge >= 0.3 is 0 Å². The third kappa shape index (κ3) is 3.82. The number of nitrogens with two attached hydrogens (primary N) is 1. The number of nitrogens with one attached hydrogen (secondary N) is 1. The number of hydrogen-bond acceptors (Lipinski definition) is 7. The minimum atomic E-state index is -0.692. The molecule has 0 bridgehead atoms. The molecule has 1 fully saturated rings. The standard InChI is InChI=1S/C16H18N6O3/c17-15(23)14-16(19-11-4-6-12(7-5-11)22(24)25)20-13(10-18-14)21-8-2-1-3-9-21/h4-7,10H,1-3,8-9H2,(H2,17,23)(H,19,20). The van der Waals surface area contributed by atoms with Crippen molar-refractivity contribution in [2.45, 2.75) is 19.3 Å². The molecule has 3 N–H and O–H groups in total. The number of rotatable bonds is 5. The van der Waals surface area contributed by atoms with E-state index in [9.17, 15) is 14.9 Å². The lowest BCUT2D eigenvalue weighted by Gasteiger charge is -2.27. The summed E-state index contributed by atoms with van der Waals surface area (Å²) in [6.07, 6.45) is 4.92. The number of anilines is 3. The SMILES string of the molecule is NC(=O)c1ncc(N2CCCCC2)nc1Nc1ccc([N+](=O)[O-])cc1. The van der Waals surface area contributed by atoms with Crippen LogP contribution in [0.15, 0.2) is 30.5 Å². The molecule has 1 saturated heterocycles. The van der Waals surface area contributed by atoms with Crippen LogP contribution in [0.5, 0.6) is 0 Å². The highest BCUT2D eigenvalue weighted by Crippen LogP contribution is 2.24. The molecule has 0 saturated carbocycles. The van der Waals surface area contributed by atoms with E-state index < -0.39 is 10.8 Å². The maximum Gasteiger partial charge on any atom is 0.271 e. The largest absolute Gasteiger partial charge is 0.364 e. The Morgan fingerprint density at radius 3 is 2.48 bits per heavy atom. The molecule has 0 spiro atoms. The third-order valence-corrected chi connectivity index (χ3v) is 4.01. The fraction of sp³-hybridized carbons (Fsp3) is 0.312. The molecule has 25 heavy (non-hydrogen) atoms. The van der Waals surface area contributed by atoms with Crippen molar-refractivity contribution in [2.24, 2.45) is 5.73 Å². The normalized spacial score (nSPS) is 14.2. The van der Waals surface area contributed by atoms with Crippen molar-refractivity contribution in [3.63, 3.8) is 0 Å². The highest BCUT2D eigenvalue weighted by atomic mass is 16.6. The van der Waals surface area contributed by atoms with Gasteiger partial charge in [-0.3, -0.25) is 14.9 Å². The molecule has 0 radical (unpaired) electrons. The highest BCUT2D eigenvalue weighted by molar-refractivity contribution is 5.96. The minimum absolute atomic E-state index is 0.0196. The number of carbonyl (C=O) groups is 1. The van der Waals surface area contributed by atoms with Gasteiger partial charge in [0, 0.05) is 30.9 Å². The van der Waals surface area contributed by atoms with Crippen LogP contribution in [0.25, 0.3) is 0 Å². The summed E-state index contributed by atoms with van der Waals surface area (Å²) in [6.45, 7) is 1.78. The van der Waals surface area contributed by atoms with E-state index in [1.165, 1.54) is 30.7 Å². The first kappa shape index (κ1) is 16.6. The van der Waals surface area contributed by atoms with Gasteiger partial charge in [0.05, 0.1) is 11.1 Å². The number of nitrogens with zero attached hydrogens (tertiary/aromatic N) is 4. The Morgan fingerprint density at radius 1 is 1.20 bits per heavy atom.